The molecule has 0 saturated carbocycles. The number of rotatable bonds is 4. The van der Waals surface area contributed by atoms with Gasteiger partial charge in [0.25, 0.3) is 5.69 Å². The van der Waals surface area contributed by atoms with E-state index in [1.165, 1.54) is 36.5 Å². The fourth-order valence-electron chi connectivity index (χ4n) is 5.95. The van der Waals surface area contributed by atoms with Crippen LogP contribution in [0.1, 0.15) is 27.4 Å². The number of nitrogens with zero attached hydrogens (tertiary/aromatic N) is 3. The van der Waals surface area contributed by atoms with Crippen molar-refractivity contribution in [1.82, 2.24) is 9.88 Å². The van der Waals surface area contributed by atoms with Crippen LogP contribution < -0.4 is 5.32 Å². The molecule has 3 aliphatic rings. The molecular weight excluding hydrogens is 471 g/mol. The number of carbonyl (C=O) groups excluding carboxylic acids is 2. The number of Topliss-reactive ketones (excluding diaryl/α,β-unsaturated/α-hetero) is 1. The summed E-state index contributed by atoms with van der Waals surface area (Å²) < 4.78 is 14.5. The molecule has 8 nitrogen and oxygen atoms in total. The Balaban J connectivity index is 1.63. The number of non-ortho nitro benzene ring substituents is 1. The van der Waals surface area contributed by atoms with Crippen LogP contribution in [0.4, 0.5) is 15.8 Å². The largest absolute Gasteiger partial charge is 0.324 e. The number of amides is 1. The second-order valence-electron chi connectivity index (χ2n) is 8.91. The molecule has 1 spiro atoms. The highest BCUT2D eigenvalue weighted by atomic mass is 32.2. The minimum Gasteiger partial charge on any atom is -0.324 e. The van der Waals surface area contributed by atoms with Gasteiger partial charge in [-0.3, -0.25) is 29.6 Å². The number of halogens is 1. The van der Waals surface area contributed by atoms with Crippen molar-refractivity contribution in [3.63, 3.8) is 0 Å². The number of hydrogen-bond acceptors (Lipinski definition) is 7. The Hall–Kier alpha value is -3.63. The van der Waals surface area contributed by atoms with Crippen molar-refractivity contribution in [1.29, 1.82) is 0 Å². The molecular formula is C25H19FN4O4S. The summed E-state index contributed by atoms with van der Waals surface area (Å²) in [5, 5.41) is 14.4. The summed E-state index contributed by atoms with van der Waals surface area (Å²) in [6.45, 7) is 0. The third-order valence-electron chi connectivity index (χ3n) is 7.28. The predicted octanol–water partition coefficient (Wildman–Crippen LogP) is 3.95. The topological polar surface area (TPSA) is 105 Å². The Morgan fingerprint density at radius 2 is 2.09 bits per heavy atom. The molecule has 0 aliphatic carbocycles. The molecule has 10 heteroatoms. The second-order valence-corrected chi connectivity index (χ2v) is 9.91. The van der Waals surface area contributed by atoms with Gasteiger partial charge in [-0.25, -0.2) is 4.39 Å². The summed E-state index contributed by atoms with van der Waals surface area (Å²) in [6.07, 6.45) is 3.01. The molecule has 2 fully saturated rings. The minimum absolute atomic E-state index is 0.0875. The number of hydrogen-bond donors (Lipinski definition) is 1. The van der Waals surface area contributed by atoms with Gasteiger partial charge in [0.1, 0.15) is 11.4 Å². The van der Waals surface area contributed by atoms with Crippen LogP contribution in [-0.2, 0) is 10.3 Å². The highest BCUT2D eigenvalue weighted by Crippen LogP contribution is 2.61. The van der Waals surface area contributed by atoms with Crippen molar-refractivity contribution in [2.75, 3.05) is 16.9 Å². The molecule has 2 aromatic carbocycles. The van der Waals surface area contributed by atoms with Crippen molar-refractivity contribution in [2.24, 2.45) is 5.92 Å². The van der Waals surface area contributed by atoms with Crippen LogP contribution in [0.15, 0.2) is 67.0 Å². The molecule has 3 aliphatic heterocycles. The van der Waals surface area contributed by atoms with E-state index in [1.54, 1.807) is 42.2 Å². The first-order valence-corrected chi connectivity index (χ1v) is 12.2. The molecule has 3 aromatic rings. The van der Waals surface area contributed by atoms with Crippen LogP contribution in [0.5, 0.6) is 0 Å². The SMILES string of the molecule is O=C(c1cccnc1)[C@@H]1[C@H](c2cccc([N+](=O)[O-])c2)[C@@H]2CSCN2[C@@]12C(=O)Nc1ccc(F)cc12. The van der Waals surface area contributed by atoms with Crippen molar-refractivity contribution >= 4 is 34.8 Å². The summed E-state index contributed by atoms with van der Waals surface area (Å²) in [5.41, 5.74) is 0.289. The maximum Gasteiger partial charge on any atom is 0.269 e. The average Bonchev–Trinajstić information content (AvgIpc) is 3.52. The van der Waals surface area contributed by atoms with Gasteiger partial charge >= 0.3 is 0 Å². The number of nitrogens with one attached hydrogen (secondary N) is 1. The Morgan fingerprint density at radius 1 is 1.23 bits per heavy atom. The number of fused-ring (bicyclic) bond motifs is 4. The van der Waals surface area contributed by atoms with Gasteiger partial charge in [0.15, 0.2) is 5.78 Å². The zero-order chi connectivity index (χ0) is 24.3. The second kappa shape index (κ2) is 7.96. The molecule has 1 amide bonds. The molecule has 2 saturated heterocycles. The number of ketones is 1. The lowest BCUT2D eigenvalue weighted by molar-refractivity contribution is -0.384. The maximum atomic E-state index is 14.5. The highest BCUT2D eigenvalue weighted by Gasteiger charge is 2.69. The Morgan fingerprint density at radius 3 is 2.86 bits per heavy atom. The first kappa shape index (κ1) is 21.9. The Labute approximate surface area is 203 Å². The number of nitro benzene ring substituents is 1. The maximum absolute atomic E-state index is 14.5. The smallest absolute Gasteiger partial charge is 0.269 e. The Bertz CT molecular complexity index is 1390. The van der Waals surface area contributed by atoms with E-state index in [4.69, 9.17) is 0 Å². The fraction of sp³-hybridized carbons (Fsp3) is 0.240. The molecule has 35 heavy (non-hydrogen) atoms. The van der Waals surface area contributed by atoms with E-state index < -0.39 is 28.1 Å². The van der Waals surface area contributed by atoms with Crippen molar-refractivity contribution in [3.05, 3.63) is 99.6 Å². The van der Waals surface area contributed by atoms with E-state index in [1.807, 2.05) is 4.90 Å². The van der Waals surface area contributed by atoms with E-state index in [0.29, 0.717) is 34.0 Å². The van der Waals surface area contributed by atoms with Gasteiger partial charge in [0.05, 0.1) is 10.8 Å². The third kappa shape index (κ3) is 3.06. The van der Waals surface area contributed by atoms with Gasteiger partial charge in [-0.15, -0.1) is 11.8 Å². The standard InChI is InChI=1S/C25H19FN4O4S/c26-16-6-7-19-18(10-16)25(24(32)28-19)22(23(31)15-4-2-8-27-11-15)21(20-12-35-13-29(20)25)14-3-1-5-17(9-14)30(33)34/h1-11,20-22H,12-13H2,(H,28,32)/t20-,21+,22-,25+/m0/s1. The highest BCUT2D eigenvalue weighted by molar-refractivity contribution is 7.99. The molecule has 0 unspecified atom stereocenters. The van der Waals surface area contributed by atoms with Gasteiger partial charge in [-0.2, -0.15) is 0 Å². The third-order valence-corrected chi connectivity index (χ3v) is 8.32. The first-order valence-electron chi connectivity index (χ1n) is 11.1. The normalized spacial score (nSPS) is 27.0. The predicted molar refractivity (Wildman–Crippen MR) is 128 cm³/mol. The van der Waals surface area contributed by atoms with Gasteiger partial charge in [-0.05, 0) is 35.9 Å². The van der Waals surface area contributed by atoms with Crippen molar-refractivity contribution in [3.8, 4) is 0 Å². The van der Waals surface area contributed by atoms with E-state index in [2.05, 4.69) is 10.3 Å². The number of benzene rings is 2. The van der Waals surface area contributed by atoms with E-state index in [-0.39, 0.29) is 23.4 Å². The zero-order valence-corrected chi connectivity index (χ0v) is 19.1. The van der Waals surface area contributed by atoms with E-state index in [0.717, 1.165) is 0 Å². The molecule has 1 N–H and O–H groups in total. The molecule has 4 heterocycles. The van der Waals surface area contributed by atoms with Gasteiger partial charge in [0, 0.05) is 64.9 Å². The lowest BCUT2D eigenvalue weighted by Crippen LogP contribution is -2.52. The monoisotopic (exact) mass is 490 g/mol. The van der Waals surface area contributed by atoms with E-state index >= 15 is 0 Å². The summed E-state index contributed by atoms with van der Waals surface area (Å²) in [5.74, 6) is -1.57. The number of anilines is 1. The molecule has 6 rings (SSSR count). The van der Waals surface area contributed by atoms with Gasteiger partial charge < -0.3 is 5.32 Å². The van der Waals surface area contributed by atoms with Gasteiger partial charge in [0.2, 0.25) is 5.91 Å². The number of carbonyl (C=O) groups is 2. The van der Waals surface area contributed by atoms with Crippen molar-refractivity contribution < 1.29 is 18.9 Å². The van der Waals surface area contributed by atoms with Crippen LogP contribution in [0.25, 0.3) is 0 Å². The molecule has 0 bridgehead atoms. The van der Waals surface area contributed by atoms with Gasteiger partial charge in [-0.1, -0.05) is 12.1 Å². The summed E-state index contributed by atoms with van der Waals surface area (Å²) in [4.78, 5) is 45.2. The number of thioether (sulfide) groups is 1. The summed E-state index contributed by atoms with van der Waals surface area (Å²) in [7, 11) is 0. The summed E-state index contributed by atoms with van der Waals surface area (Å²) >= 11 is 1.62. The van der Waals surface area contributed by atoms with Crippen LogP contribution in [0.3, 0.4) is 0 Å². The number of aromatic nitrogens is 1. The Kier molecular flexibility index (Phi) is 4.97. The molecule has 176 valence electrons. The fourth-order valence-corrected chi connectivity index (χ4v) is 7.28. The number of nitro groups is 1. The first-order chi connectivity index (χ1) is 16.9. The number of pyridine rings is 1. The molecule has 4 atom stereocenters. The van der Waals surface area contributed by atoms with E-state index in [9.17, 15) is 24.1 Å². The average molecular weight is 491 g/mol. The lowest BCUT2D eigenvalue weighted by atomic mass is 9.69. The lowest BCUT2D eigenvalue weighted by Gasteiger charge is -2.36. The van der Waals surface area contributed by atoms with Crippen LogP contribution in [0, 0.1) is 21.8 Å². The van der Waals surface area contributed by atoms with Crippen molar-refractivity contribution in [2.45, 2.75) is 17.5 Å². The van der Waals surface area contributed by atoms with Crippen LogP contribution in [-0.4, -0.2) is 44.2 Å². The minimum atomic E-state index is -1.45. The quantitative estimate of drug-likeness (QED) is 0.335. The van der Waals surface area contributed by atoms with Crippen LogP contribution in [0.2, 0.25) is 0 Å². The van der Waals surface area contributed by atoms with Crippen LogP contribution >= 0.6 is 11.8 Å². The molecule has 1 aromatic heterocycles. The molecule has 0 radical (unpaired) electrons. The summed E-state index contributed by atoms with van der Waals surface area (Å²) in [6, 6.07) is 13.4. The zero-order valence-electron chi connectivity index (χ0n) is 18.3.